The zero-order valence-corrected chi connectivity index (χ0v) is 16.6. The SMILES string of the molecule is CC(=O)Nc1ccc2nc(Sc3nnnn3C)c(Sc3nnnn3C)nc2c1. The molecule has 1 aromatic carbocycles. The first-order valence-corrected chi connectivity index (χ1v) is 9.52. The lowest BCUT2D eigenvalue weighted by Crippen LogP contribution is -2.05. The molecule has 0 aliphatic heterocycles. The van der Waals surface area contributed by atoms with Crippen LogP contribution in [0.1, 0.15) is 6.92 Å². The van der Waals surface area contributed by atoms with Gasteiger partial charge in [0.2, 0.25) is 16.2 Å². The van der Waals surface area contributed by atoms with E-state index in [4.69, 9.17) is 9.97 Å². The van der Waals surface area contributed by atoms with Crippen LogP contribution in [0.4, 0.5) is 5.69 Å². The maximum Gasteiger partial charge on any atom is 0.221 e. The number of amides is 1. The van der Waals surface area contributed by atoms with Gasteiger partial charge in [-0.05, 0) is 62.6 Å². The van der Waals surface area contributed by atoms with Crippen molar-refractivity contribution in [3.63, 3.8) is 0 Å². The summed E-state index contributed by atoms with van der Waals surface area (Å²) in [5.41, 5.74) is 1.94. The van der Waals surface area contributed by atoms with Crippen LogP contribution in [0.3, 0.4) is 0 Å². The molecular weight excluding hydrogens is 402 g/mol. The number of anilines is 1. The first-order chi connectivity index (χ1) is 13.5. The van der Waals surface area contributed by atoms with E-state index in [0.717, 1.165) is 0 Å². The first kappa shape index (κ1) is 18.2. The highest BCUT2D eigenvalue weighted by molar-refractivity contribution is 8.02. The molecule has 3 heterocycles. The molecule has 1 N–H and O–H groups in total. The molecule has 0 unspecified atom stereocenters. The molecule has 0 fully saturated rings. The summed E-state index contributed by atoms with van der Waals surface area (Å²) in [4.78, 5) is 20.7. The van der Waals surface area contributed by atoms with E-state index in [0.29, 0.717) is 37.1 Å². The van der Waals surface area contributed by atoms with E-state index in [9.17, 15) is 4.79 Å². The maximum atomic E-state index is 11.3. The van der Waals surface area contributed by atoms with Crippen molar-refractivity contribution in [2.24, 2.45) is 14.1 Å². The number of hydrogen-bond acceptors (Lipinski definition) is 11. The summed E-state index contributed by atoms with van der Waals surface area (Å²) >= 11 is 2.57. The Morgan fingerprint density at radius 3 is 2.00 bits per heavy atom. The van der Waals surface area contributed by atoms with Gasteiger partial charge in [0, 0.05) is 26.7 Å². The third-order valence-corrected chi connectivity index (χ3v) is 5.60. The molecule has 142 valence electrons. The van der Waals surface area contributed by atoms with Crippen molar-refractivity contribution in [1.29, 1.82) is 0 Å². The molecular formula is C14H13N11OS2. The van der Waals surface area contributed by atoms with Crippen LogP contribution in [0.5, 0.6) is 0 Å². The molecule has 0 aliphatic rings. The molecule has 0 radical (unpaired) electrons. The summed E-state index contributed by atoms with van der Waals surface area (Å²) in [6, 6.07) is 5.34. The average molecular weight is 415 g/mol. The summed E-state index contributed by atoms with van der Waals surface area (Å²) in [7, 11) is 3.49. The lowest BCUT2D eigenvalue weighted by molar-refractivity contribution is -0.114. The van der Waals surface area contributed by atoms with Crippen molar-refractivity contribution in [3.05, 3.63) is 18.2 Å². The molecule has 28 heavy (non-hydrogen) atoms. The Hall–Kier alpha value is -3.13. The number of rotatable bonds is 5. The second kappa shape index (κ2) is 7.47. The lowest BCUT2D eigenvalue weighted by Gasteiger charge is -2.09. The number of tetrazole rings is 2. The normalized spacial score (nSPS) is 11.1. The quantitative estimate of drug-likeness (QED) is 0.497. The van der Waals surface area contributed by atoms with E-state index in [1.165, 1.54) is 30.4 Å². The van der Waals surface area contributed by atoms with Crippen LogP contribution in [-0.4, -0.2) is 56.3 Å². The van der Waals surface area contributed by atoms with Gasteiger partial charge in [-0.25, -0.2) is 19.3 Å². The summed E-state index contributed by atoms with van der Waals surface area (Å²) in [6.07, 6.45) is 0. The Balaban J connectivity index is 1.80. The van der Waals surface area contributed by atoms with E-state index in [-0.39, 0.29) is 5.91 Å². The number of nitrogens with zero attached hydrogens (tertiary/aromatic N) is 10. The minimum Gasteiger partial charge on any atom is -0.326 e. The molecule has 1 amide bonds. The van der Waals surface area contributed by atoms with Crippen LogP contribution in [0.2, 0.25) is 0 Å². The molecule has 12 nitrogen and oxygen atoms in total. The summed E-state index contributed by atoms with van der Waals surface area (Å²) < 4.78 is 3.09. The van der Waals surface area contributed by atoms with Gasteiger partial charge in [0.1, 0.15) is 10.1 Å². The third-order valence-electron chi connectivity index (χ3n) is 3.46. The van der Waals surface area contributed by atoms with E-state index in [1.54, 1.807) is 41.7 Å². The van der Waals surface area contributed by atoms with Gasteiger partial charge in [0.15, 0.2) is 0 Å². The lowest BCUT2D eigenvalue weighted by atomic mass is 10.2. The fraction of sp³-hybridized carbons (Fsp3) is 0.214. The molecule has 0 atom stereocenters. The molecule has 14 heteroatoms. The van der Waals surface area contributed by atoms with Gasteiger partial charge in [-0.3, -0.25) is 4.79 Å². The van der Waals surface area contributed by atoms with E-state index in [1.807, 2.05) is 0 Å². The Morgan fingerprint density at radius 2 is 1.50 bits per heavy atom. The van der Waals surface area contributed by atoms with Gasteiger partial charge in [-0.15, -0.1) is 10.2 Å². The average Bonchev–Trinajstić information content (AvgIpc) is 3.23. The van der Waals surface area contributed by atoms with Gasteiger partial charge < -0.3 is 5.32 Å². The van der Waals surface area contributed by atoms with E-state index >= 15 is 0 Å². The highest BCUT2D eigenvalue weighted by Crippen LogP contribution is 2.36. The van der Waals surface area contributed by atoms with Crippen molar-refractivity contribution in [1.82, 2.24) is 50.4 Å². The van der Waals surface area contributed by atoms with Gasteiger partial charge >= 0.3 is 0 Å². The van der Waals surface area contributed by atoms with Gasteiger partial charge in [-0.1, -0.05) is 0 Å². The number of carbonyl (C=O) groups excluding carboxylic acids is 1. The number of aryl methyl sites for hydroxylation is 2. The minimum absolute atomic E-state index is 0.158. The standard InChI is InChI=1S/C14H13N11OS2/c1-7(26)15-8-4-5-9-10(6-8)17-12(28-14-19-21-23-25(14)3)11(16-9)27-13-18-20-22-24(13)2/h4-6H,1-3H3,(H,15,26). The first-order valence-electron chi connectivity index (χ1n) is 7.89. The smallest absolute Gasteiger partial charge is 0.221 e. The predicted octanol–water partition coefficient (Wildman–Crippen LogP) is 0.938. The molecule has 4 rings (SSSR count). The number of hydrogen-bond donors (Lipinski definition) is 1. The number of nitrogens with one attached hydrogen (secondary N) is 1. The second-order valence-corrected chi connectivity index (χ2v) is 7.50. The fourth-order valence-electron chi connectivity index (χ4n) is 2.22. The molecule has 0 saturated heterocycles. The Labute approximate surface area is 166 Å². The van der Waals surface area contributed by atoms with Crippen LogP contribution in [0, 0.1) is 0 Å². The highest BCUT2D eigenvalue weighted by atomic mass is 32.2. The second-order valence-electron chi connectivity index (χ2n) is 5.59. The van der Waals surface area contributed by atoms with Crippen LogP contribution < -0.4 is 5.32 Å². The van der Waals surface area contributed by atoms with Crippen LogP contribution in [-0.2, 0) is 18.9 Å². The van der Waals surface area contributed by atoms with Gasteiger partial charge in [0.25, 0.3) is 0 Å². The highest BCUT2D eigenvalue weighted by Gasteiger charge is 2.18. The zero-order valence-electron chi connectivity index (χ0n) is 14.9. The maximum absolute atomic E-state index is 11.3. The topological polar surface area (TPSA) is 142 Å². The summed E-state index contributed by atoms with van der Waals surface area (Å²) in [5, 5.41) is 28.0. The fourth-order valence-corrected chi connectivity index (χ4v) is 3.87. The molecule has 0 spiro atoms. The third kappa shape index (κ3) is 3.77. The van der Waals surface area contributed by atoms with Crippen molar-refractivity contribution in [2.75, 3.05) is 5.32 Å². The van der Waals surface area contributed by atoms with Gasteiger partial charge in [0.05, 0.1) is 11.0 Å². The zero-order chi connectivity index (χ0) is 19.7. The number of benzene rings is 1. The van der Waals surface area contributed by atoms with Crippen LogP contribution in [0.25, 0.3) is 11.0 Å². The summed E-state index contributed by atoms with van der Waals surface area (Å²) in [5.74, 6) is -0.158. The van der Waals surface area contributed by atoms with Crippen LogP contribution >= 0.6 is 23.5 Å². The Bertz CT molecular complexity index is 1170. The predicted molar refractivity (Wildman–Crippen MR) is 99.7 cm³/mol. The van der Waals surface area contributed by atoms with Crippen molar-refractivity contribution in [3.8, 4) is 0 Å². The molecule has 4 aromatic rings. The minimum atomic E-state index is -0.158. The number of fused-ring (bicyclic) bond motifs is 1. The van der Waals surface area contributed by atoms with Gasteiger partial charge in [-0.2, -0.15) is 0 Å². The van der Waals surface area contributed by atoms with Crippen molar-refractivity contribution in [2.45, 2.75) is 27.3 Å². The number of carbonyl (C=O) groups is 1. The molecule has 0 saturated carbocycles. The Morgan fingerprint density at radius 1 is 0.929 bits per heavy atom. The largest absolute Gasteiger partial charge is 0.326 e. The van der Waals surface area contributed by atoms with Crippen molar-refractivity contribution >= 4 is 46.2 Å². The van der Waals surface area contributed by atoms with Crippen LogP contribution in [0.15, 0.2) is 38.6 Å². The molecule has 0 aliphatic carbocycles. The van der Waals surface area contributed by atoms with E-state index in [2.05, 4.69) is 36.4 Å². The monoisotopic (exact) mass is 415 g/mol. The summed E-state index contributed by atoms with van der Waals surface area (Å²) in [6.45, 7) is 1.45. The molecule has 3 aromatic heterocycles. The van der Waals surface area contributed by atoms with Crippen molar-refractivity contribution < 1.29 is 4.79 Å². The Kier molecular flexibility index (Phi) is 4.87. The molecule has 0 bridgehead atoms. The number of aromatic nitrogens is 10. The van der Waals surface area contributed by atoms with E-state index < -0.39 is 0 Å².